The Hall–Kier alpha value is -2.29. The SMILES string of the molecule is CNc1ccc(-c2cc3cc(C(C)C)ccc3o2)cn1. The fraction of sp³-hybridized carbons (Fsp3) is 0.235. The highest BCUT2D eigenvalue weighted by atomic mass is 16.3. The third kappa shape index (κ3) is 2.27. The van der Waals surface area contributed by atoms with Gasteiger partial charge in [-0.2, -0.15) is 0 Å². The minimum Gasteiger partial charge on any atom is -0.456 e. The monoisotopic (exact) mass is 266 g/mol. The van der Waals surface area contributed by atoms with Crippen molar-refractivity contribution >= 4 is 16.8 Å². The second kappa shape index (κ2) is 5.00. The van der Waals surface area contributed by atoms with Crippen LogP contribution in [0.2, 0.25) is 0 Å². The van der Waals surface area contributed by atoms with Crippen molar-refractivity contribution in [2.45, 2.75) is 19.8 Å². The van der Waals surface area contributed by atoms with E-state index in [1.807, 2.05) is 31.4 Å². The Morgan fingerprint density at radius 3 is 2.60 bits per heavy atom. The minimum atomic E-state index is 0.523. The van der Waals surface area contributed by atoms with Crippen LogP contribution in [-0.2, 0) is 0 Å². The van der Waals surface area contributed by atoms with Crippen molar-refractivity contribution in [2.24, 2.45) is 0 Å². The molecular formula is C17H18N2O. The molecule has 0 aliphatic heterocycles. The van der Waals surface area contributed by atoms with Crippen LogP contribution in [0.1, 0.15) is 25.3 Å². The molecule has 0 saturated carbocycles. The summed E-state index contributed by atoms with van der Waals surface area (Å²) in [6.45, 7) is 4.39. The lowest BCUT2D eigenvalue weighted by Crippen LogP contribution is -1.90. The number of nitrogens with one attached hydrogen (secondary N) is 1. The largest absolute Gasteiger partial charge is 0.456 e. The van der Waals surface area contributed by atoms with Crippen LogP contribution in [0.4, 0.5) is 5.82 Å². The van der Waals surface area contributed by atoms with Crippen LogP contribution in [-0.4, -0.2) is 12.0 Å². The standard InChI is InChI=1S/C17H18N2O/c1-11(2)12-4-6-15-14(8-12)9-16(20-15)13-5-7-17(18-3)19-10-13/h4-11H,1-3H3,(H,18,19). The van der Waals surface area contributed by atoms with Crippen molar-refractivity contribution in [3.05, 3.63) is 48.2 Å². The number of pyridine rings is 1. The molecule has 3 nitrogen and oxygen atoms in total. The van der Waals surface area contributed by atoms with Gasteiger partial charge in [0.15, 0.2) is 0 Å². The molecule has 2 aromatic heterocycles. The lowest BCUT2D eigenvalue weighted by molar-refractivity contribution is 0.631. The molecule has 3 aromatic rings. The van der Waals surface area contributed by atoms with Crippen molar-refractivity contribution in [1.29, 1.82) is 0 Å². The van der Waals surface area contributed by atoms with Gasteiger partial charge in [-0.3, -0.25) is 0 Å². The van der Waals surface area contributed by atoms with Crippen LogP contribution < -0.4 is 5.32 Å². The van der Waals surface area contributed by atoms with E-state index in [4.69, 9.17) is 4.42 Å². The molecule has 0 amide bonds. The van der Waals surface area contributed by atoms with Crippen LogP contribution in [0.3, 0.4) is 0 Å². The Morgan fingerprint density at radius 2 is 1.95 bits per heavy atom. The van der Waals surface area contributed by atoms with Crippen LogP contribution >= 0.6 is 0 Å². The van der Waals surface area contributed by atoms with Gasteiger partial charge in [0.1, 0.15) is 17.2 Å². The maximum absolute atomic E-state index is 5.90. The van der Waals surface area contributed by atoms with Crippen molar-refractivity contribution in [1.82, 2.24) is 4.98 Å². The molecule has 0 fully saturated rings. The highest BCUT2D eigenvalue weighted by molar-refractivity contribution is 5.83. The predicted molar refractivity (Wildman–Crippen MR) is 83.1 cm³/mol. The summed E-state index contributed by atoms with van der Waals surface area (Å²) in [7, 11) is 1.86. The predicted octanol–water partition coefficient (Wildman–Crippen LogP) is 4.66. The average molecular weight is 266 g/mol. The Morgan fingerprint density at radius 1 is 1.10 bits per heavy atom. The number of benzene rings is 1. The second-order valence-electron chi connectivity index (χ2n) is 5.24. The van der Waals surface area contributed by atoms with Gasteiger partial charge < -0.3 is 9.73 Å². The van der Waals surface area contributed by atoms with Gasteiger partial charge in [0.05, 0.1) is 0 Å². The molecule has 1 N–H and O–H groups in total. The van der Waals surface area contributed by atoms with E-state index >= 15 is 0 Å². The summed E-state index contributed by atoms with van der Waals surface area (Å²) in [6.07, 6.45) is 1.83. The van der Waals surface area contributed by atoms with Crippen molar-refractivity contribution in [2.75, 3.05) is 12.4 Å². The van der Waals surface area contributed by atoms with Crippen LogP contribution in [0.5, 0.6) is 0 Å². The van der Waals surface area contributed by atoms with E-state index in [1.54, 1.807) is 0 Å². The summed E-state index contributed by atoms with van der Waals surface area (Å²) in [5.41, 5.74) is 3.24. The molecule has 0 radical (unpaired) electrons. The van der Waals surface area contributed by atoms with Gasteiger partial charge in [-0.25, -0.2) is 4.98 Å². The van der Waals surface area contributed by atoms with E-state index in [1.165, 1.54) is 5.56 Å². The van der Waals surface area contributed by atoms with E-state index in [2.05, 4.69) is 42.3 Å². The zero-order chi connectivity index (χ0) is 14.1. The number of hydrogen-bond donors (Lipinski definition) is 1. The summed E-state index contributed by atoms with van der Waals surface area (Å²) in [5.74, 6) is 2.23. The fourth-order valence-corrected chi connectivity index (χ4v) is 2.25. The molecule has 1 aromatic carbocycles. The topological polar surface area (TPSA) is 38.1 Å². The summed E-state index contributed by atoms with van der Waals surface area (Å²) in [6, 6.07) is 12.4. The molecule has 0 unspecified atom stereocenters. The molecule has 0 saturated heterocycles. The Kier molecular flexibility index (Phi) is 3.18. The summed E-state index contributed by atoms with van der Waals surface area (Å²) in [5, 5.41) is 4.15. The van der Waals surface area contributed by atoms with E-state index in [0.717, 1.165) is 28.1 Å². The Labute approximate surface area is 118 Å². The maximum atomic E-state index is 5.90. The van der Waals surface area contributed by atoms with E-state index < -0.39 is 0 Å². The highest BCUT2D eigenvalue weighted by Gasteiger charge is 2.08. The first-order valence-electron chi connectivity index (χ1n) is 6.85. The van der Waals surface area contributed by atoms with E-state index in [0.29, 0.717) is 5.92 Å². The lowest BCUT2D eigenvalue weighted by Gasteiger charge is -2.03. The number of hydrogen-bond acceptors (Lipinski definition) is 3. The Bertz CT molecular complexity index is 726. The lowest BCUT2D eigenvalue weighted by atomic mass is 10.0. The van der Waals surface area contributed by atoms with Gasteiger partial charge in [-0.05, 0) is 41.8 Å². The first-order chi connectivity index (χ1) is 9.67. The molecule has 0 atom stereocenters. The molecule has 0 aliphatic rings. The first-order valence-corrected chi connectivity index (χ1v) is 6.85. The molecule has 20 heavy (non-hydrogen) atoms. The number of rotatable bonds is 3. The number of anilines is 1. The van der Waals surface area contributed by atoms with E-state index in [-0.39, 0.29) is 0 Å². The van der Waals surface area contributed by atoms with Gasteiger partial charge in [-0.15, -0.1) is 0 Å². The summed E-state index contributed by atoms with van der Waals surface area (Å²) in [4.78, 5) is 4.32. The maximum Gasteiger partial charge on any atom is 0.136 e. The van der Waals surface area contributed by atoms with Crippen LogP contribution in [0.15, 0.2) is 47.0 Å². The van der Waals surface area contributed by atoms with Gasteiger partial charge >= 0.3 is 0 Å². The van der Waals surface area contributed by atoms with Gasteiger partial charge in [0.25, 0.3) is 0 Å². The van der Waals surface area contributed by atoms with Gasteiger partial charge in [0, 0.05) is 24.2 Å². The quantitative estimate of drug-likeness (QED) is 0.749. The zero-order valence-corrected chi connectivity index (χ0v) is 12.0. The smallest absolute Gasteiger partial charge is 0.136 e. The normalized spacial score (nSPS) is 11.2. The number of aromatic nitrogens is 1. The highest BCUT2D eigenvalue weighted by Crippen LogP contribution is 2.29. The van der Waals surface area contributed by atoms with Crippen molar-refractivity contribution in [3.63, 3.8) is 0 Å². The number of nitrogens with zero attached hydrogens (tertiary/aromatic N) is 1. The fourth-order valence-electron chi connectivity index (χ4n) is 2.25. The van der Waals surface area contributed by atoms with Crippen molar-refractivity contribution in [3.8, 4) is 11.3 Å². The van der Waals surface area contributed by atoms with Crippen molar-refractivity contribution < 1.29 is 4.42 Å². The molecular weight excluding hydrogens is 248 g/mol. The second-order valence-corrected chi connectivity index (χ2v) is 5.24. The zero-order valence-electron chi connectivity index (χ0n) is 12.0. The third-order valence-corrected chi connectivity index (χ3v) is 3.51. The third-order valence-electron chi connectivity index (χ3n) is 3.51. The van der Waals surface area contributed by atoms with Gasteiger partial charge in [-0.1, -0.05) is 19.9 Å². The Balaban J connectivity index is 2.03. The molecule has 102 valence electrons. The molecule has 0 spiro atoms. The number of furan rings is 1. The average Bonchev–Trinajstić information content (AvgIpc) is 2.90. The molecule has 0 aliphatic carbocycles. The van der Waals surface area contributed by atoms with E-state index in [9.17, 15) is 0 Å². The number of fused-ring (bicyclic) bond motifs is 1. The molecule has 3 heteroatoms. The minimum absolute atomic E-state index is 0.523. The summed E-state index contributed by atoms with van der Waals surface area (Å²) >= 11 is 0. The molecule has 0 bridgehead atoms. The van der Waals surface area contributed by atoms with Gasteiger partial charge in [0.2, 0.25) is 0 Å². The summed E-state index contributed by atoms with van der Waals surface area (Å²) < 4.78 is 5.90. The molecule has 3 rings (SSSR count). The molecule has 2 heterocycles. The van der Waals surface area contributed by atoms with Crippen LogP contribution in [0.25, 0.3) is 22.3 Å². The van der Waals surface area contributed by atoms with Crippen LogP contribution in [0, 0.1) is 0 Å². The first kappa shape index (κ1) is 12.7.